The molecule has 1 amide bonds. The topological polar surface area (TPSA) is 74.7 Å². The average Bonchev–Trinajstić information content (AvgIpc) is 3.12. The van der Waals surface area contributed by atoms with Crippen molar-refractivity contribution in [3.63, 3.8) is 0 Å². The van der Waals surface area contributed by atoms with Gasteiger partial charge in [-0.2, -0.15) is 0 Å². The van der Waals surface area contributed by atoms with E-state index in [1.165, 1.54) is 28.5 Å². The lowest BCUT2D eigenvalue weighted by Crippen LogP contribution is -2.48. The van der Waals surface area contributed by atoms with Crippen LogP contribution in [0.3, 0.4) is 0 Å². The molecule has 2 aromatic carbocycles. The highest BCUT2D eigenvalue weighted by Crippen LogP contribution is 2.44. The van der Waals surface area contributed by atoms with Crippen LogP contribution in [0.25, 0.3) is 11.1 Å². The zero-order valence-electron chi connectivity index (χ0n) is 16.5. The SMILES string of the molecule is O=C(OCC1c2ccccc2-c2ccccc21)N1CCNC(c2ccc(O)cn2)C1. The van der Waals surface area contributed by atoms with Gasteiger partial charge in [-0.15, -0.1) is 0 Å². The van der Waals surface area contributed by atoms with Gasteiger partial charge in [-0.1, -0.05) is 48.5 Å². The summed E-state index contributed by atoms with van der Waals surface area (Å²) in [6, 6.07) is 19.9. The normalized spacial score (nSPS) is 18.0. The van der Waals surface area contributed by atoms with Crippen molar-refractivity contribution >= 4 is 6.09 Å². The number of piperazine rings is 1. The Labute approximate surface area is 175 Å². The lowest BCUT2D eigenvalue weighted by atomic mass is 9.98. The molecule has 2 aliphatic rings. The third-order valence-corrected chi connectivity index (χ3v) is 5.90. The molecule has 0 radical (unpaired) electrons. The molecule has 0 saturated carbocycles. The highest BCUT2D eigenvalue weighted by atomic mass is 16.6. The molecule has 2 N–H and O–H groups in total. The Morgan fingerprint density at radius 1 is 1.07 bits per heavy atom. The zero-order valence-corrected chi connectivity index (χ0v) is 16.5. The molecular weight excluding hydrogens is 378 g/mol. The second-order valence-electron chi connectivity index (χ2n) is 7.70. The molecule has 0 bridgehead atoms. The van der Waals surface area contributed by atoms with Crippen LogP contribution in [-0.2, 0) is 4.74 Å². The molecule has 6 nitrogen and oxygen atoms in total. The van der Waals surface area contributed by atoms with Crippen LogP contribution in [0, 0.1) is 0 Å². The van der Waals surface area contributed by atoms with E-state index in [4.69, 9.17) is 4.74 Å². The molecule has 1 atom stereocenters. The minimum absolute atomic E-state index is 0.0545. The van der Waals surface area contributed by atoms with Crippen molar-refractivity contribution in [3.05, 3.63) is 83.7 Å². The Hall–Kier alpha value is -3.38. The molecule has 2 heterocycles. The number of nitrogens with zero attached hydrogens (tertiary/aromatic N) is 2. The first-order valence-corrected chi connectivity index (χ1v) is 10.2. The maximum absolute atomic E-state index is 12.8. The fourth-order valence-corrected chi connectivity index (χ4v) is 4.40. The predicted molar refractivity (Wildman–Crippen MR) is 113 cm³/mol. The quantitative estimate of drug-likeness (QED) is 0.700. The standard InChI is InChI=1S/C24H23N3O3/c28-16-9-10-22(26-13-16)23-14-27(12-11-25-23)24(29)30-15-21-19-7-3-1-5-17(19)18-6-2-4-8-20(18)21/h1-10,13,21,23,25,28H,11-12,14-15H2. The Kier molecular flexibility index (Phi) is 4.85. The van der Waals surface area contributed by atoms with Gasteiger partial charge in [0.15, 0.2) is 0 Å². The molecule has 1 unspecified atom stereocenters. The van der Waals surface area contributed by atoms with Crippen LogP contribution in [0.1, 0.15) is 28.8 Å². The van der Waals surface area contributed by atoms with Crippen LogP contribution in [0.2, 0.25) is 0 Å². The molecule has 5 rings (SSSR count). The number of benzene rings is 2. The van der Waals surface area contributed by atoms with Crippen molar-refractivity contribution < 1.29 is 14.6 Å². The van der Waals surface area contributed by atoms with Gasteiger partial charge < -0.3 is 20.1 Å². The number of pyridine rings is 1. The van der Waals surface area contributed by atoms with E-state index in [9.17, 15) is 9.90 Å². The number of nitrogens with one attached hydrogen (secondary N) is 1. The third-order valence-electron chi connectivity index (χ3n) is 5.90. The third kappa shape index (κ3) is 3.39. The molecule has 0 spiro atoms. The minimum Gasteiger partial charge on any atom is -0.506 e. The number of fused-ring (bicyclic) bond motifs is 3. The summed E-state index contributed by atoms with van der Waals surface area (Å²) in [6.45, 7) is 2.05. The highest BCUT2D eigenvalue weighted by molar-refractivity contribution is 5.79. The lowest BCUT2D eigenvalue weighted by Gasteiger charge is -2.33. The van der Waals surface area contributed by atoms with Gasteiger partial charge in [0.2, 0.25) is 0 Å². The van der Waals surface area contributed by atoms with Crippen molar-refractivity contribution in [2.45, 2.75) is 12.0 Å². The number of carbonyl (C=O) groups is 1. The summed E-state index contributed by atoms with van der Waals surface area (Å²) in [6.07, 6.45) is 1.12. The Balaban J connectivity index is 1.28. The van der Waals surface area contributed by atoms with E-state index < -0.39 is 0 Å². The number of hydrogen-bond acceptors (Lipinski definition) is 5. The molecule has 1 aliphatic heterocycles. The van der Waals surface area contributed by atoms with Crippen LogP contribution in [0.5, 0.6) is 5.75 Å². The summed E-state index contributed by atoms with van der Waals surface area (Å²) >= 11 is 0. The van der Waals surface area contributed by atoms with Gasteiger partial charge in [0.1, 0.15) is 12.4 Å². The molecule has 1 saturated heterocycles. The second kappa shape index (κ2) is 7.80. The first-order chi connectivity index (χ1) is 14.7. The van der Waals surface area contributed by atoms with Crippen LogP contribution in [-0.4, -0.2) is 47.3 Å². The molecule has 152 valence electrons. The Morgan fingerprint density at radius 3 is 2.43 bits per heavy atom. The number of ether oxygens (including phenoxy) is 1. The van der Waals surface area contributed by atoms with Gasteiger partial charge in [-0.05, 0) is 34.4 Å². The van der Waals surface area contributed by atoms with Crippen molar-refractivity contribution in [2.75, 3.05) is 26.2 Å². The van der Waals surface area contributed by atoms with Crippen LogP contribution < -0.4 is 5.32 Å². The van der Waals surface area contributed by atoms with Crippen LogP contribution in [0.15, 0.2) is 66.9 Å². The van der Waals surface area contributed by atoms with E-state index in [1.54, 1.807) is 17.0 Å². The molecule has 1 aromatic heterocycles. The fraction of sp³-hybridized carbons (Fsp3) is 0.250. The van der Waals surface area contributed by atoms with E-state index in [2.05, 4.69) is 34.6 Å². The van der Waals surface area contributed by atoms with Gasteiger partial charge in [0.25, 0.3) is 0 Å². The Morgan fingerprint density at radius 2 is 1.77 bits per heavy atom. The number of amides is 1. The van der Waals surface area contributed by atoms with E-state index in [0.29, 0.717) is 26.2 Å². The van der Waals surface area contributed by atoms with Crippen LogP contribution in [0.4, 0.5) is 4.79 Å². The number of carbonyl (C=O) groups excluding carboxylic acids is 1. The number of aromatic nitrogens is 1. The summed E-state index contributed by atoms with van der Waals surface area (Å²) in [5.74, 6) is 0.182. The molecular formula is C24H23N3O3. The van der Waals surface area contributed by atoms with Crippen molar-refractivity contribution in [1.82, 2.24) is 15.2 Å². The summed E-state index contributed by atoms with van der Waals surface area (Å²) < 4.78 is 5.78. The van der Waals surface area contributed by atoms with Crippen molar-refractivity contribution in [3.8, 4) is 16.9 Å². The summed E-state index contributed by atoms with van der Waals surface area (Å²) in [7, 11) is 0. The summed E-state index contributed by atoms with van der Waals surface area (Å²) in [5, 5.41) is 12.8. The number of rotatable bonds is 3. The number of aromatic hydroxyl groups is 1. The second-order valence-corrected chi connectivity index (χ2v) is 7.70. The Bertz CT molecular complexity index is 1020. The van der Waals surface area contributed by atoms with E-state index in [1.807, 2.05) is 24.3 Å². The monoisotopic (exact) mass is 401 g/mol. The fourth-order valence-electron chi connectivity index (χ4n) is 4.40. The summed E-state index contributed by atoms with van der Waals surface area (Å²) in [4.78, 5) is 18.8. The molecule has 30 heavy (non-hydrogen) atoms. The number of hydrogen-bond donors (Lipinski definition) is 2. The molecule has 1 fully saturated rings. The molecule has 1 aliphatic carbocycles. The van der Waals surface area contributed by atoms with Crippen LogP contribution >= 0.6 is 0 Å². The van der Waals surface area contributed by atoms with Crippen molar-refractivity contribution in [1.29, 1.82) is 0 Å². The van der Waals surface area contributed by atoms with Gasteiger partial charge in [0, 0.05) is 25.6 Å². The van der Waals surface area contributed by atoms with Gasteiger partial charge in [-0.25, -0.2) is 4.79 Å². The summed E-state index contributed by atoms with van der Waals surface area (Å²) in [5.41, 5.74) is 5.64. The zero-order chi connectivity index (χ0) is 20.5. The van der Waals surface area contributed by atoms with Gasteiger partial charge >= 0.3 is 6.09 Å². The first kappa shape index (κ1) is 18.6. The minimum atomic E-state index is -0.304. The maximum atomic E-state index is 12.8. The average molecular weight is 401 g/mol. The van der Waals surface area contributed by atoms with Crippen molar-refractivity contribution in [2.24, 2.45) is 0 Å². The van der Waals surface area contributed by atoms with E-state index in [0.717, 1.165) is 5.69 Å². The van der Waals surface area contributed by atoms with E-state index >= 15 is 0 Å². The molecule has 3 aromatic rings. The smallest absolute Gasteiger partial charge is 0.409 e. The van der Waals surface area contributed by atoms with Gasteiger partial charge in [0.05, 0.1) is 17.9 Å². The largest absolute Gasteiger partial charge is 0.506 e. The van der Waals surface area contributed by atoms with E-state index in [-0.39, 0.29) is 23.8 Å². The maximum Gasteiger partial charge on any atom is 0.409 e. The van der Waals surface area contributed by atoms with Gasteiger partial charge in [-0.3, -0.25) is 4.98 Å². The predicted octanol–water partition coefficient (Wildman–Crippen LogP) is 3.68. The molecule has 6 heteroatoms. The highest BCUT2D eigenvalue weighted by Gasteiger charge is 2.31. The first-order valence-electron chi connectivity index (χ1n) is 10.2. The lowest BCUT2D eigenvalue weighted by molar-refractivity contribution is 0.0880.